The Morgan fingerprint density at radius 3 is 2.35 bits per heavy atom. The number of aliphatic hydroxyl groups excluding tert-OH is 2. The second-order valence-electron chi connectivity index (χ2n) is 4.37. The smallest absolute Gasteiger partial charge is 0.259 e. The van der Waals surface area contributed by atoms with E-state index in [2.05, 4.69) is 0 Å². The molecule has 1 aromatic rings. The molecule has 1 aromatic carbocycles. The zero-order valence-electron chi connectivity index (χ0n) is 9.87. The topological polar surface area (TPSA) is 81.0 Å². The molecule has 1 rings (SSSR count). The Bertz CT molecular complexity index is 377. The zero-order chi connectivity index (χ0) is 13.1. The van der Waals surface area contributed by atoms with E-state index in [1.54, 1.807) is 30.3 Å². The van der Waals surface area contributed by atoms with Crippen molar-refractivity contribution in [3.63, 3.8) is 0 Å². The molecule has 0 fully saturated rings. The molecule has 5 heteroatoms. The molecule has 0 saturated heterocycles. The number of hydroxylamine groups is 1. The molecule has 0 saturated carbocycles. The van der Waals surface area contributed by atoms with Crippen LogP contribution in [0.4, 0.5) is 5.69 Å². The van der Waals surface area contributed by atoms with Crippen LogP contribution in [0.1, 0.15) is 13.8 Å². The number of rotatable bonds is 4. The highest BCUT2D eigenvalue weighted by Crippen LogP contribution is 2.25. The van der Waals surface area contributed by atoms with E-state index in [0.717, 1.165) is 0 Å². The van der Waals surface area contributed by atoms with Crippen LogP contribution in [0.2, 0.25) is 0 Å². The molecule has 1 atom stereocenters. The Kier molecular flexibility index (Phi) is 4.22. The van der Waals surface area contributed by atoms with Crippen molar-refractivity contribution in [2.75, 3.05) is 11.7 Å². The number of hydrogen-bond acceptors (Lipinski definition) is 4. The number of hydrogen-bond donors (Lipinski definition) is 3. The van der Waals surface area contributed by atoms with Crippen LogP contribution in [0.15, 0.2) is 30.3 Å². The molecule has 0 spiro atoms. The molecular formula is C12H17NO4. The lowest BCUT2D eigenvalue weighted by Crippen LogP contribution is -2.47. The monoisotopic (exact) mass is 239 g/mol. The van der Waals surface area contributed by atoms with Gasteiger partial charge >= 0.3 is 0 Å². The van der Waals surface area contributed by atoms with Gasteiger partial charge in [-0.15, -0.1) is 0 Å². The van der Waals surface area contributed by atoms with E-state index >= 15 is 0 Å². The summed E-state index contributed by atoms with van der Waals surface area (Å²) in [5.41, 5.74) is -0.949. The minimum Gasteiger partial charge on any atom is -0.394 e. The maximum absolute atomic E-state index is 12.0. The van der Waals surface area contributed by atoms with E-state index in [9.17, 15) is 15.1 Å². The minimum atomic E-state index is -1.26. The first-order chi connectivity index (χ1) is 7.91. The van der Waals surface area contributed by atoms with Crippen molar-refractivity contribution in [1.82, 2.24) is 0 Å². The first kappa shape index (κ1) is 13.6. The third-order valence-corrected chi connectivity index (χ3v) is 2.75. The van der Waals surface area contributed by atoms with Crippen molar-refractivity contribution >= 4 is 11.6 Å². The lowest BCUT2D eigenvalue weighted by molar-refractivity contribution is -0.139. The van der Waals surface area contributed by atoms with Gasteiger partial charge in [-0.2, -0.15) is 5.06 Å². The van der Waals surface area contributed by atoms with Gasteiger partial charge in [0, 0.05) is 0 Å². The highest BCUT2D eigenvalue weighted by molar-refractivity contribution is 5.95. The Hall–Kier alpha value is -1.43. The van der Waals surface area contributed by atoms with Crippen molar-refractivity contribution in [2.45, 2.75) is 20.0 Å². The maximum Gasteiger partial charge on any atom is 0.259 e. The van der Waals surface area contributed by atoms with Crippen molar-refractivity contribution in [3.8, 4) is 0 Å². The second-order valence-corrected chi connectivity index (χ2v) is 4.37. The van der Waals surface area contributed by atoms with Crippen LogP contribution >= 0.6 is 0 Å². The van der Waals surface area contributed by atoms with Crippen molar-refractivity contribution in [1.29, 1.82) is 0 Å². The molecule has 0 radical (unpaired) electrons. The highest BCUT2D eigenvalue weighted by Gasteiger charge is 2.38. The largest absolute Gasteiger partial charge is 0.394 e. The molecule has 5 nitrogen and oxygen atoms in total. The lowest BCUT2D eigenvalue weighted by atomic mass is 9.85. The van der Waals surface area contributed by atoms with Crippen molar-refractivity contribution in [3.05, 3.63) is 30.3 Å². The van der Waals surface area contributed by atoms with Gasteiger partial charge in [-0.05, 0) is 26.0 Å². The molecule has 0 bridgehead atoms. The van der Waals surface area contributed by atoms with E-state index in [-0.39, 0.29) is 0 Å². The van der Waals surface area contributed by atoms with Crippen molar-refractivity contribution < 1.29 is 20.2 Å². The van der Waals surface area contributed by atoms with Gasteiger partial charge in [0.15, 0.2) is 0 Å². The van der Waals surface area contributed by atoms with Gasteiger partial charge in [0.05, 0.1) is 23.8 Å². The second kappa shape index (κ2) is 5.27. The number of carbonyl (C=O) groups is 1. The molecule has 94 valence electrons. The number of carbonyl (C=O) groups excluding carboxylic acids is 1. The van der Waals surface area contributed by atoms with Crippen LogP contribution in [0.5, 0.6) is 0 Å². The molecule has 17 heavy (non-hydrogen) atoms. The fourth-order valence-corrected chi connectivity index (χ4v) is 1.33. The van der Waals surface area contributed by atoms with Gasteiger partial charge in [-0.1, -0.05) is 18.2 Å². The molecular weight excluding hydrogens is 222 g/mol. The summed E-state index contributed by atoms with van der Waals surface area (Å²) in [7, 11) is 0. The van der Waals surface area contributed by atoms with Crippen LogP contribution < -0.4 is 5.06 Å². The summed E-state index contributed by atoms with van der Waals surface area (Å²) in [6.45, 7) is 2.38. The fraction of sp³-hybridized carbons (Fsp3) is 0.417. The minimum absolute atomic E-state index is 0.315. The predicted octanol–water partition coefficient (Wildman–Crippen LogP) is 0.788. The number of para-hydroxylation sites is 1. The number of amides is 1. The summed E-state index contributed by atoms with van der Waals surface area (Å²) in [4.78, 5) is 12.0. The van der Waals surface area contributed by atoms with E-state index in [0.29, 0.717) is 10.8 Å². The summed E-state index contributed by atoms with van der Waals surface area (Å²) in [5, 5.41) is 28.7. The number of anilines is 1. The molecule has 0 aliphatic heterocycles. The van der Waals surface area contributed by atoms with Crippen LogP contribution in [0.25, 0.3) is 0 Å². The molecule has 3 N–H and O–H groups in total. The van der Waals surface area contributed by atoms with Crippen molar-refractivity contribution in [2.24, 2.45) is 5.41 Å². The molecule has 1 unspecified atom stereocenters. The van der Waals surface area contributed by atoms with Gasteiger partial charge in [0.1, 0.15) is 0 Å². The quantitative estimate of drug-likeness (QED) is 0.536. The molecule has 0 aliphatic carbocycles. The summed E-state index contributed by atoms with van der Waals surface area (Å²) >= 11 is 0. The van der Waals surface area contributed by atoms with E-state index in [1.165, 1.54) is 13.8 Å². The van der Waals surface area contributed by atoms with Crippen LogP contribution in [-0.4, -0.2) is 34.0 Å². The van der Waals surface area contributed by atoms with Gasteiger partial charge in [0.2, 0.25) is 0 Å². The Balaban J connectivity index is 2.91. The van der Waals surface area contributed by atoms with Gasteiger partial charge in [0.25, 0.3) is 5.91 Å². The standard InChI is InChI=1S/C12H17NO4/c1-12(2,10(15)8-14)11(16)13(17)9-6-4-3-5-7-9/h3-7,10,14-15,17H,8H2,1-2H3. The maximum atomic E-state index is 12.0. The molecule has 0 heterocycles. The molecule has 0 aliphatic rings. The lowest BCUT2D eigenvalue weighted by Gasteiger charge is -2.30. The predicted molar refractivity (Wildman–Crippen MR) is 62.6 cm³/mol. The normalized spacial score (nSPS) is 13.2. The van der Waals surface area contributed by atoms with Crippen LogP contribution in [0.3, 0.4) is 0 Å². The number of nitrogens with zero attached hydrogens (tertiary/aromatic N) is 1. The third-order valence-electron chi connectivity index (χ3n) is 2.75. The first-order valence-electron chi connectivity index (χ1n) is 5.28. The zero-order valence-corrected chi connectivity index (χ0v) is 9.87. The van der Waals surface area contributed by atoms with E-state index in [4.69, 9.17) is 5.11 Å². The third kappa shape index (κ3) is 2.82. The van der Waals surface area contributed by atoms with Gasteiger partial charge in [-0.3, -0.25) is 10.0 Å². The average molecular weight is 239 g/mol. The molecule has 0 aromatic heterocycles. The average Bonchev–Trinajstić information content (AvgIpc) is 2.36. The number of benzene rings is 1. The van der Waals surface area contributed by atoms with Gasteiger partial charge < -0.3 is 10.2 Å². The summed E-state index contributed by atoms with van der Waals surface area (Å²) < 4.78 is 0. The molecule has 1 amide bonds. The van der Waals surface area contributed by atoms with Crippen LogP contribution in [-0.2, 0) is 4.79 Å². The Morgan fingerprint density at radius 2 is 1.88 bits per heavy atom. The van der Waals surface area contributed by atoms with Gasteiger partial charge in [-0.25, -0.2) is 0 Å². The highest BCUT2D eigenvalue weighted by atomic mass is 16.5. The van der Waals surface area contributed by atoms with Crippen LogP contribution in [0, 0.1) is 5.41 Å². The summed E-state index contributed by atoms with van der Waals surface area (Å²) in [5.74, 6) is -0.676. The SMILES string of the molecule is CC(C)(C(=O)N(O)c1ccccc1)C(O)CO. The van der Waals surface area contributed by atoms with E-state index in [1.807, 2.05) is 0 Å². The van der Waals surface area contributed by atoms with E-state index < -0.39 is 24.0 Å². The fourth-order valence-electron chi connectivity index (χ4n) is 1.33. The number of aliphatic hydroxyl groups is 2. The Morgan fingerprint density at radius 1 is 1.35 bits per heavy atom. The summed E-state index contributed by atoms with van der Waals surface area (Å²) in [6, 6.07) is 8.26. The Labute approximate surface area is 99.9 Å². The first-order valence-corrected chi connectivity index (χ1v) is 5.28. The summed E-state index contributed by atoms with van der Waals surface area (Å²) in [6.07, 6.45) is -1.23.